The first-order valence-electron chi connectivity index (χ1n) is 10.0. The van der Waals surface area contributed by atoms with Gasteiger partial charge in [-0.15, -0.1) is 11.3 Å². The normalized spacial score (nSPS) is 19.3. The number of hydrogen-bond acceptors (Lipinski definition) is 4. The standard InChI is InChI=1S/C22H25N3OS/c1-25(17-11-6-8-14-7-2-3-9-15(14)17)13-19-23-21(26)20-16-10-4-5-12-18(16)27-22(20)24-19/h2-3,7,9,17H,4-6,8,10-13H2,1H3,(H,23,24,26)/t17-/m0/s1. The average Bonchev–Trinajstić information content (AvgIpc) is 3.06. The summed E-state index contributed by atoms with van der Waals surface area (Å²) in [4.78, 5) is 25.4. The summed E-state index contributed by atoms with van der Waals surface area (Å²) in [5, 5.41) is 0.851. The Kier molecular flexibility index (Phi) is 4.37. The lowest BCUT2D eigenvalue weighted by Crippen LogP contribution is -2.29. The minimum atomic E-state index is 0.0480. The zero-order valence-electron chi connectivity index (χ0n) is 15.8. The molecule has 2 aliphatic carbocycles. The van der Waals surface area contributed by atoms with E-state index >= 15 is 0 Å². The van der Waals surface area contributed by atoms with Gasteiger partial charge in [-0.1, -0.05) is 24.3 Å². The molecule has 140 valence electrons. The zero-order chi connectivity index (χ0) is 18.4. The van der Waals surface area contributed by atoms with E-state index in [1.807, 2.05) is 0 Å². The van der Waals surface area contributed by atoms with Crippen molar-refractivity contribution in [1.29, 1.82) is 0 Å². The highest BCUT2D eigenvalue weighted by Crippen LogP contribution is 2.35. The van der Waals surface area contributed by atoms with Crippen LogP contribution in [0.2, 0.25) is 0 Å². The Morgan fingerprint density at radius 1 is 1.19 bits per heavy atom. The van der Waals surface area contributed by atoms with Crippen LogP contribution in [0.1, 0.15) is 59.1 Å². The first kappa shape index (κ1) is 17.1. The van der Waals surface area contributed by atoms with E-state index in [1.165, 1.54) is 47.3 Å². The van der Waals surface area contributed by atoms with Crippen LogP contribution in [-0.2, 0) is 25.8 Å². The van der Waals surface area contributed by atoms with Gasteiger partial charge in [0.1, 0.15) is 10.7 Å². The third kappa shape index (κ3) is 3.03. The fraction of sp³-hybridized carbons (Fsp3) is 0.455. The van der Waals surface area contributed by atoms with Gasteiger partial charge in [-0.3, -0.25) is 9.69 Å². The number of aromatic amines is 1. The number of benzene rings is 1. The Hall–Kier alpha value is -1.98. The third-order valence-electron chi connectivity index (χ3n) is 6.14. The number of fused-ring (bicyclic) bond motifs is 4. The summed E-state index contributed by atoms with van der Waals surface area (Å²) < 4.78 is 0. The van der Waals surface area contributed by atoms with Gasteiger partial charge in [-0.25, -0.2) is 4.98 Å². The number of nitrogens with one attached hydrogen (secondary N) is 1. The molecule has 0 bridgehead atoms. The summed E-state index contributed by atoms with van der Waals surface area (Å²) in [7, 11) is 2.15. The molecular weight excluding hydrogens is 354 g/mol. The van der Waals surface area contributed by atoms with E-state index in [2.05, 4.69) is 41.2 Å². The lowest BCUT2D eigenvalue weighted by molar-refractivity contribution is 0.208. The summed E-state index contributed by atoms with van der Waals surface area (Å²) in [6, 6.07) is 9.16. The molecule has 27 heavy (non-hydrogen) atoms. The molecule has 3 aromatic rings. The second-order valence-corrected chi connectivity index (χ2v) is 9.01. The summed E-state index contributed by atoms with van der Waals surface area (Å²) in [6.07, 6.45) is 8.09. The maximum atomic E-state index is 12.8. The van der Waals surface area contributed by atoms with Crippen molar-refractivity contribution in [3.8, 4) is 0 Å². The van der Waals surface area contributed by atoms with Crippen molar-refractivity contribution in [2.24, 2.45) is 0 Å². The highest BCUT2D eigenvalue weighted by Gasteiger charge is 2.25. The first-order valence-corrected chi connectivity index (χ1v) is 10.8. The van der Waals surface area contributed by atoms with E-state index in [1.54, 1.807) is 11.3 Å². The Morgan fingerprint density at radius 2 is 2.04 bits per heavy atom. The van der Waals surface area contributed by atoms with Crippen LogP contribution in [0.15, 0.2) is 29.1 Å². The predicted octanol–water partition coefficient (Wildman–Crippen LogP) is 4.37. The fourth-order valence-corrected chi connectivity index (χ4v) is 6.10. The topological polar surface area (TPSA) is 49.0 Å². The maximum Gasteiger partial charge on any atom is 0.259 e. The summed E-state index contributed by atoms with van der Waals surface area (Å²) in [5.41, 5.74) is 4.20. The lowest BCUT2D eigenvalue weighted by atomic mass is 9.87. The average molecular weight is 380 g/mol. The molecule has 0 amide bonds. The Morgan fingerprint density at radius 3 is 2.96 bits per heavy atom. The van der Waals surface area contributed by atoms with Crippen LogP contribution in [0, 0.1) is 0 Å². The van der Waals surface area contributed by atoms with Gasteiger partial charge in [0.25, 0.3) is 5.56 Å². The number of aryl methyl sites for hydroxylation is 3. The molecule has 0 spiro atoms. The van der Waals surface area contributed by atoms with Gasteiger partial charge in [0.15, 0.2) is 0 Å². The van der Waals surface area contributed by atoms with Crippen molar-refractivity contribution in [1.82, 2.24) is 14.9 Å². The van der Waals surface area contributed by atoms with E-state index < -0.39 is 0 Å². The second kappa shape index (κ2) is 6.88. The molecule has 0 aliphatic heterocycles. The number of rotatable bonds is 3. The monoisotopic (exact) mass is 379 g/mol. The second-order valence-electron chi connectivity index (χ2n) is 7.93. The van der Waals surface area contributed by atoms with Crippen LogP contribution in [0.5, 0.6) is 0 Å². The summed E-state index contributed by atoms with van der Waals surface area (Å²) in [6.45, 7) is 0.673. The van der Waals surface area contributed by atoms with Gasteiger partial charge in [0.05, 0.1) is 11.9 Å². The number of H-pyrrole nitrogens is 1. The number of aromatic nitrogens is 2. The molecule has 0 saturated heterocycles. The molecular formula is C22H25N3OS. The van der Waals surface area contributed by atoms with Crippen molar-refractivity contribution in [2.45, 2.75) is 57.5 Å². The van der Waals surface area contributed by atoms with Gasteiger partial charge in [0.2, 0.25) is 0 Å². The van der Waals surface area contributed by atoms with E-state index in [9.17, 15) is 4.79 Å². The minimum absolute atomic E-state index is 0.0480. The van der Waals surface area contributed by atoms with Crippen molar-refractivity contribution in [3.63, 3.8) is 0 Å². The molecule has 5 heteroatoms. The molecule has 2 aliphatic rings. The molecule has 5 rings (SSSR count). The van der Waals surface area contributed by atoms with Crippen LogP contribution >= 0.6 is 11.3 Å². The molecule has 0 radical (unpaired) electrons. The zero-order valence-corrected chi connectivity index (χ0v) is 16.6. The SMILES string of the molecule is CN(Cc1nc2sc3c(c2c(=O)[nH]1)CCCC3)[C@H]1CCCc2ccccc21. The largest absolute Gasteiger partial charge is 0.309 e. The predicted molar refractivity (Wildman–Crippen MR) is 110 cm³/mol. The maximum absolute atomic E-state index is 12.8. The molecule has 0 fully saturated rings. The molecule has 0 saturated carbocycles. The molecule has 1 N–H and O–H groups in total. The molecule has 2 heterocycles. The number of hydrogen-bond donors (Lipinski definition) is 1. The van der Waals surface area contributed by atoms with Crippen molar-refractivity contribution in [3.05, 3.63) is 62.0 Å². The van der Waals surface area contributed by atoms with Crippen molar-refractivity contribution < 1.29 is 0 Å². The summed E-state index contributed by atoms with van der Waals surface area (Å²) >= 11 is 1.73. The Labute approximate surface area is 163 Å². The van der Waals surface area contributed by atoms with Crippen LogP contribution in [0.4, 0.5) is 0 Å². The van der Waals surface area contributed by atoms with Crippen molar-refractivity contribution in [2.75, 3.05) is 7.05 Å². The summed E-state index contributed by atoms with van der Waals surface area (Å²) in [5.74, 6) is 0.789. The van der Waals surface area contributed by atoms with Crippen LogP contribution < -0.4 is 5.56 Å². The molecule has 2 aromatic heterocycles. The lowest BCUT2D eigenvalue weighted by Gasteiger charge is -2.33. The fourth-order valence-electron chi connectivity index (χ4n) is 4.82. The first-order chi connectivity index (χ1) is 13.2. The Bertz CT molecular complexity index is 1050. The van der Waals surface area contributed by atoms with E-state index in [4.69, 9.17) is 4.98 Å². The van der Waals surface area contributed by atoms with Crippen LogP contribution in [0.25, 0.3) is 10.2 Å². The number of nitrogens with zero attached hydrogens (tertiary/aromatic N) is 2. The minimum Gasteiger partial charge on any atom is -0.309 e. The molecule has 0 unspecified atom stereocenters. The smallest absolute Gasteiger partial charge is 0.259 e. The van der Waals surface area contributed by atoms with Gasteiger partial charge in [-0.05, 0) is 68.7 Å². The highest BCUT2D eigenvalue weighted by atomic mass is 32.1. The van der Waals surface area contributed by atoms with Crippen molar-refractivity contribution >= 4 is 21.6 Å². The van der Waals surface area contributed by atoms with E-state index in [-0.39, 0.29) is 5.56 Å². The van der Waals surface area contributed by atoms with Gasteiger partial charge in [-0.2, -0.15) is 0 Å². The van der Waals surface area contributed by atoms with Gasteiger partial charge < -0.3 is 4.98 Å². The number of thiophene rings is 1. The van der Waals surface area contributed by atoms with E-state index in [0.29, 0.717) is 12.6 Å². The molecule has 1 atom stereocenters. The quantitative estimate of drug-likeness (QED) is 0.735. The van der Waals surface area contributed by atoms with Crippen LogP contribution in [0.3, 0.4) is 0 Å². The van der Waals surface area contributed by atoms with Gasteiger partial charge >= 0.3 is 0 Å². The highest BCUT2D eigenvalue weighted by molar-refractivity contribution is 7.18. The van der Waals surface area contributed by atoms with E-state index in [0.717, 1.165) is 35.3 Å². The van der Waals surface area contributed by atoms with Crippen LogP contribution in [-0.4, -0.2) is 21.9 Å². The third-order valence-corrected chi connectivity index (χ3v) is 7.33. The molecule has 4 nitrogen and oxygen atoms in total. The van der Waals surface area contributed by atoms with Gasteiger partial charge in [0, 0.05) is 10.9 Å². The molecule has 1 aromatic carbocycles. The Balaban J connectivity index is 1.46.